The van der Waals surface area contributed by atoms with E-state index in [0.29, 0.717) is 0 Å². The lowest BCUT2D eigenvalue weighted by atomic mass is 10.0. The lowest BCUT2D eigenvalue weighted by molar-refractivity contribution is 1.07. The Balaban J connectivity index is 1.23. The van der Waals surface area contributed by atoms with Crippen molar-refractivity contribution in [2.45, 2.75) is 0 Å². The van der Waals surface area contributed by atoms with Crippen molar-refractivity contribution < 1.29 is 0 Å². The summed E-state index contributed by atoms with van der Waals surface area (Å²) in [6.45, 7) is 0. The van der Waals surface area contributed by atoms with Crippen LogP contribution in [0.5, 0.6) is 0 Å². The maximum atomic E-state index is 4.74. The first-order valence-electron chi connectivity index (χ1n) is 14.0. The fourth-order valence-corrected chi connectivity index (χ4v) is 6.96. The third-order valence-corrected chi connectivity index (χ3v) is 8.98. The van der Waals surface area contributed by atoms with Gasteiger partial charge < -0.3 is 0 Å². The third kappa shape index (κ3) is 4.21. The van der Waals surface area contributed by atoms with E-state index in [-0.39, 0.29) is 0 Å². The van der Waals surface area contributed by atoms with Crippen LogP contribution >= 0.6 is 11.3 Å². The van der Waals surface area contributed by atoms with Gasteiger partial charge in [-0.15, -0.1) is 21.5 Å². The lowest BCUT2D eigenvalue weighted by Crippen LogP contribution is -2.00. The van der Waals surface area contributed by atoms with Crippen LogP contribution < -0.4 is 0 Å². The Hall–Kier alpha value is -5.32. The van der Waals surface area contributed by atoms with E-state index in [1.165, 1.54) is 36.9 Å². The maximum Gasteiger partial charge on any atom is 0.168 e. The predicted octanol–water partition coefficient (Wildman–Crippen LogP) is 10.3. The van der Waals surface area contributed by atoms with Crippen molar-refractivity contribution in [2.24, 2.45) is 0 Å². The zero-order valence-corrected chi connectivity index (χ0v) is 23.5. The van der Waals surface area contributed by atoms with E-state index >= 15 is 0 Å². The smallest absolute Gasteiger partial charge is 0.168 e. The van der Waals surface area contributed by atoms with Crippen molar-refractivity contribution in [3.8, 4) is 50.7 Å². The maximum absolute atomic E-state index is 4.74. The van der Waals surface area contributed by atoms with E-state index in [2.05, 4.69) is 144 Å². The molecule has 0 saturated heterocycles. The van der Waals surface area contributed by atoms with Gasteiger partial charge in [-0.2, -0.15) is 0 Å². The first-order chi connectivity index (χ1) is 20.8. The SMILES string of the molecule is c1ccc(-c2cccc(-c3nnc(-c4ccc(-c5cccc6c5sc5ccccc56)cc4)n3-c3ccccc3)c2)cc1. The topological polar surface area (TPSA) is 30.7 Å². The second kappa shape index (κ2) is 10.3. The summed E-state index contributed by atoms with van der Waals surface area (Å²) in [6, 6.07) is 53.3. The minimum absolute atomic E-state index is 0.813. The van der Waals surface area contributed by atoms with Crippen LogP contribution in [0.15, 0.2) is 152 Å². The lowest BCUT2D eigenvalue weighted by Gasteiger charge is -2.12. The van der Waals surface area contributed by atoms with Gasteiger partial charge in [0.1, 0.15) is 0 Å². The van der Waals surface area contributed by atoms with Crippen molar-refractivity contribution in [3.05, 3.63) is 152 Å². The van der Waals surface area contributed by atoms with Crippen LogP contribution in [0.2, 0.25) is 0 Å². The summed E-state index contributed by atoms with van der Waals surface area (Å²) in [6.07, 6.45) is 0. The molecule has 8 rings (SSSR count). The molecule has 198 valence electrons. The van der Waals surface area contributed by atoms with Crippen LogP contribution in [0.3, 0.4) is 0 Å². The Kier molecular flexibility index (Phi) is 5.98. The minimum Gasteiger partial charge on any atom is -0.275 e. The number of thiophene rings is 1. The number of para-hydroxylation sites is 1. The highest BCUT2D eigenvalue weighted by Gasteiger charge is 2.18. The Morgan fingerprint density at radius 3 is 1.83 bits per heavy atom. The predicted molar refractivity (Wildman–Crippen MR) is 176 cm³/mol. The highest BCUT2D eigenvalue weighted by molar-refractivity contribution is 7.26. The number of aromatic nitrogens is 3. The van der Waals surface area contributed by atoms with Gasteiger partial charge in [0, 0.05) is 37.0 Å². The van der Waals surface area contributed by atoms with Gasteiger partial charge in [0.15, 0.2) is 11.6 Å². The van der Waals surface area contributed by atoms with Gasteiger partial charge in [-0.05, 0) is 46.5 Å². The Labute approximate surface area is 248 Å². The first kappa shape index (κ1) is 24.5. The molecule has 0 bridgehead atoms. The largest absolute Gasteiger partial charge is 0.275 e. The summed E-state index contributed by atoms with van der Waals surface area (Å²) in [5.41, 5.74) is 7.83. The molecule has 4 heteroatoms. The molecule has 0 unspecified atom stereocenters. The standard InChI is InChI=1S/C38H25N3S/c1-3-11-26(12-4-1)29-13-9-14-30(25-29)38-40-39-37(41(38)31-15-5-2-6-16-31)28-23-21-27(22-24-28)32-18-10-19-34-33-17-7-8-20-35(33)42-36(32)34/h1-25H. The van der Waals surface area contributed by atoms with E-state index in [9.17, 15) is 0 Å². The molecular weight excluding hydrogens is 531 g/mol. The summed E-state index contributed by atoms with van der Waals surface area (Å²) >= 11 is 1.86. The molecular formula is C38H25N3S. The van der Waals surface area contributed by atoms with E-state index in [4.69, 9.17) is 10.2 Å². The minimum atomic E-state index is 0.813. The van der Waals surface area contributed by atoms with Crippen LogP contribution in [-0.2, 0) is 0 Å². The van der Waals surface area contributed by atoms with E-state index < -0.39 is 0 Å². The number of nitrogens with zero attached hydrogens (tertiary/aromatic N) is 3. The first-order valence-corrected chi connectivity index (χ1v) is 14.8. The van der Waals surface area contributed by atoms with Crippen LogP contribution in [-0.4, -0.2) is 14.8 Å². The summed E-state index contributed by atoms with van der Waals surface area (Å²) < 4.78 is 4.79. The second-order valence-electron chi connectivity index (χ2n) is 10.3. The Morgan fingerprint density at radius 1 is 0.429 bits per heavy atom. The van der Waals surface area contributed by atoms with Gasteiger partial charge >= 0.3 is 0 Å². The van der Waals surface area contributed by atoms with Crippen LogP contribution in [0.25, 0.3) is 70.9 Å². The Morgan fingerprint density at radius 2 is 1.02 bits per heavy atom. The molecule has 2 heterocycles. The number of fused-ring (bicyclic) bond motifs is 3. The van der Waals surface area contributed by atoms with Gasteiger partial charge in [-0.3, -0.25) is 4.57 Å². The van der Waals surface area contributed by atoms with Gasteiger partial charge in [-0.25, -0.2) is 0 Å². The van der Waals surface area contributed by atoms with Crippen molar-refractivity contribution >= 4 is 31.5 Å². The Bertz CT molecular complexity index is 2180. The number of hydrogen-bond acceptors (Lipinski definition) is 3. The molecule has 0 aliphatic heterocycles. The monoisotopic (exact) mass is 555 g/mol. The zero-order chi connectivity index (χ0) is 27.9. The van der Waals surface area contributed by atoms with Crippen molar-refractivity contribution in [1.29, 1.82) is 0 Å². The average Bonchev–Trinajstić information content (AvgIpc) is 3.68. The van der Waals surface area contributed by atoms with Gasteiger partial charge in [0.2, 0.25) is 0 Å². The molecule has 2 aromatic heterocycles. The molecule has 3 nitrogen and oxygen atoms in total. The highest BCUT2D eigenvalue weighted by atomic mass is 32.1. The van der Waals surface area contributed by atoms with E-state index in [1.54, 1.807) is 0 Å². The molecule has 0 radical (unpaired) electrons. The van der Waals surface area contributed by atoms with Crippen molar-refractivity contribution in [2.75, 3.05) is 0 Å². The molecule has 8 aromatic rings. The summed E-state index contributed by atoms with van der Waals surface area (Å²) in [7, 11) is 0. The van der Waals surface area contributed by atoms with Gasteiger partial charge in [0.25, 0.3) is 0 Å². The van der Waals surface area contributed by atoms with E-state index in [0.717, 1.165) is 34.0 Å². The van der Waals surface area contributed by atoms with Gasteiger partial charge in [-0.1, -0.05) is 127 Å². The van der Waals surface area contributed by atoms with Crippen LogP contribution in [0, 0.1) is 0 Å². The fourth-order valence-electron chi connectivity index (χ4n) is 5.72. The quantitative estimate of drug-likeness (QED) is 0.211. The molecule has 0 saturated carbocycles. The van der Waals surface area contributed by atoms with Crippen molar-refractivity contribution in [3.63, 3.8) is 0 Å². The summed E-state index contributed by atoms with van der Waals surface area (Å²) in [5, 5.41) is 12.1. The number of benzene rings is 6. The molecule has 6 aromatic carbocycles. The van der Waals surface area contributed by atoms with Gasteiger partial charge in [0.05, 0.1) is 0 Å². The highest BCUT2D eigenvalue weighted by Crippen LogP contribution is 2.40. The second-order valence-corrected chi connectivity index (χ2v) is 11.4. The normalized spacial score (nSPS) is 11.3. The van der Waals surface area contributed by atoms with Crippen molar-refractivity contribution in [1.82, 2.24) is 14.8 Å². The number of hydrogen-bond donors (Lipinski definition) is 0. The summed E-state index contributed by atoms with van der Waals surface area (Å²) in [5.74, 6) is 1.63. The molecule has 0 amide bonds. The molecule has 0 aliphatic rings. The molecule has 0 aliphatic carbocycles. The zero-order valence-electron chi connectivity index (χ0n) is 22.7. The molecule has 0 N–H and O–H groups in total. The van der Waals surface area contributed by atoms with Crippen LogP contribution in [0.4, 0.5) is 0 Å². The average molecular weight is 556 g/mol. The molecule has 42 heavy (non-hydrogen) atoms. The number of rotatable bonds is 5. The fraction of sp³-hybridized carbons (Fsp3) is 0. The molecule has 0 spiro atoms. The molecule has 0 fully saturated rings. The summed E-state index contributed by atoms with van der Waals surface area (Å²) in [4.78, 5) is 0. The van der Waals surface area contributed by atoms with E-state index in [1.807, 2.05) is 23.5 Å². The molecule has 0 atom stereocenters. The third-order valence-electron chi connectivity index (χ3n) is 7.76. The van der Waals surface area contributed by atoms with Crippen LogP contribution in [0.1, 0.15) is 0 Å².